The first-order valence-electron chi connectivity index (χ1n) is 6.74. The summed E-state index contributed by atoms with van der Waals surface area (Å²) in [5, 5.41) is 5.62. The molecular formula is C15H20N2O2. The third kappa shape index (κ3) is 4.09. The molecular weight excluding hydrogens is 240 g/mol. The van der Waals surface area contributed by atoms with Crippen LogP contribution >= 0.6 is 0 Å². The molecule has 102 valence electrons. The molecule has 1 fully saturated rings. The number of hydrogen-bond donors (Lipinski definition) is 2. The molecule has 19 heavy (non-hydrogen) atoms. The van der Waals surface area contributed by atoms with Crippen LogP contribution in [0.2, 0.25) is 0 Å². The Morgan fingerprint density at radius 2 is 1.89 bits per heavy atom. The topological polar surface area (TPSA) is 58.2 Å². The molecule has 0 spiro atoms. The van der Waals surface area contributed by atoms with Gasteiger partial charge < -0.3 is 10.6 Å². The third-order valence-corrected chi connectivity index (χ3v) is 3.12. The first-order valence-corrected chi connectivity index (χ1v) is 6.74. The van der Waals surface area contributed by atoms with Gasteiger partial charge in [-0.25, -0.2) is 0 Å². The fraction of sp³-hybridized carbons (Fsp3) is 0.467. The molecule has 1 aromatic carbocycles. The minimum atomic E-state index is -0.258. The summed E-state index contributed by atoms with van der Waals surface area (Å²) in [6.07, 6.45) is 1.95. The lowest BCUT2D eigenvalue weighted by Crippen LogP contribution is -2.29. The lowest BCUT2D eigenvalue weighted by Gasteiger charge is -2.13. The lowest BCUT2D eigenvalue weighted by atomic mass is 10.0. The molecule has 0 radical (unpaired) electrons. The second-order valence-corrected chi connectivity index (χ2v) is 5.31. The molecule has 1 aliphatic carbocycles. The fourth-order valence-corrected chi connectivity index (χ4v) is 1.96. The number of para-hydroxylation sites is 1. The maximum absolute atomic E-state index is 11.8. The second kappa shape index (κ2) is 5.87. The zero-order valence-corrected chi connectivity index (χ0v) is 11.4. The quantitative estimate of drug-likeness (QED) is 0.799. The minimum absolute atomic E-state index is 0.108. The predicted octanol–water partition coefficient (Wildman–Crippen LogP) is 2.42. The average molecular weight is 260 g/mol. The van der Waals surface area contributed by atoms with Crippen LogP contribution in [0.3, 0.4) is 0 Å². The largest absolute Gasteiger partial charge is 0.353 e. The Kier molecular flexibility index (Phi) is 4.20. The van der Waals surface area contributed by atoms with E-state index in [0.717, 1.165) is 24.1 Å². The van der Waals surface area contributed by atoms with Gasteiger partial charge in [-0.3, -0.25) is 9.59 Å². The molecule has 0 bridgehead atoms. The van der Waals surface area contributed by atoms with Gasteiger partial charge in [-0.2, -0.15) is 0 Å². The van der Waals surface area contributed by atoms with Gasteiger partial charge in [-0.05, 0) is 30.4 Å². The maximum Gasteiger partial charge on any atom is 0.233 e. The van der Waals surface area contributed by atoms with Crippen molar-refractivity contribution in [3.63, 3.8) is 0 Å². The summed E-state index contributed by atoms with van der Waals surface area (Å²) in [4.78, 5) is 23.4. The van der Waals surface area contributed by atoms with Crippen LogP contribution in [0.15, 0.2) is 24.3 Å². The first kappa shape index (κ1) is 13.6. The highest BCUT2D eigenvalue weighted by molar-refractivity contribution is 6.04. The molecule has 0 heterocycles. The van der Waals surface area contributed by atoms with Crippen LogP contribution in [-0.4, -0.2) is 17.9 Å². The van der Waals surface area contributed by atoms with Crippen LogP contribution in [0.25, 0.3) is 0 Å². The monoisotopic (exact) mass is 260 g/mol. The molecule has 0 atom stereocenters. The third-order valence-electron chi connectivity index (χ3n) is 3.12. The summed E-state index contributed by atoms with van der Waals surface area (Å²) in [5.41, 5.74) is 1.88. The second-order valence-electron chi connectivity index (χ2n) is 5.31. The van der Waals surface area contributed by atoms with Crippen LogP contribution in [-0.2, 0) is 9.59 Å². The SMILES string of the molecule is CC(C)c1ccccc1NC(=O)CC(=O)NC1CC1. The van der Waals surface area contributed by atoms with Crippen LogP contribution < -0.4 is 10.6 Å². The van der Waals surface area contributed by atoms with Gasteiger partial charge >= 0.3 is 0 Å². The zero-order chi connectivity index (χ0) is 13.8. The van der Waals surface area contributed by atoms with Gasteiger partial charge in [-0.15, -0.1) is 0 Å². The van der Waals surface area contributed by atoms with E-state index in [9.17, 15) is 9.59 Å². The zero-order valence-electron chi connectivity index (χ0n) is 11.4. The molecule has 0 saturated heterocycles. The van der Waals surface area contributed by atoms with Crippen molar-refractivity contribution in [3.8, 4) is 0 Å². The van der Waals surface area contributed by atoms with Gasteiger partial charge in [0.1, 0.15) is 6.42 Å². The molecule has 0 unspecified atom stereocenters. The number of amides is 2. The van der Waals surface area contributed by atoms with Crippen LogP contribution in [0.4, 0.5) is 5.69 Å². The highest BCUT2D eigenvalue weighted by Crippen LogP contribution is 2.23. The smallest absolute Gasteiger partial charge is 0.233 e. The summed E-state index contributed by atoms with van der Waals surface area (Å²) < 4.78 is 0. The van der Waals surface area contributed by atoms with Gasteiger partial charge in [0.25, 0.3) is 0 Å². The van der Waals surface area contributed by atoms with Gasteiger partial charge in [0.05, 0.1) is 0 Å². The summed E-state index contributed by atoms with van der Waals surface area (Å²) in [5.74, 6) is -0.120. The van der Waals surface area contributed by atoms with E-state index in [4.69, 9.17) is 0 Å². The molecule has 0 aromatic heterocycles. The van der Waals surface area contributed by atoms with Crippen molar-refractivity contribution in [2.75, 3.05) is 5.32 Å². The van der Waals surface area contributed by atoms with Crippen LogP contribution in [0.5, 0.6) is 0 Å². The van der Waals surface area contributed by atoms with E-state index in [2.05, 4.69) is 24.5 Å². The van der Waals surface area contributed by atoms with Gasteiger partial charge in [0.15, 0.2) is 0 Å². The molecule has 2 rings (SSSR count). The Labute approximate surface area is 113 Å². The Bertz CT molecular complexity index is 479. The number of rotatable bonds is 5. The van der Waals surface area contributed by atoms with Crippen LogP contribution in [0.1, 0.15) is 44.6 Å². The summed E-state index contributed by atoms with van der Waals surface area (Å²) in [6.45, 7) is 4.15. The standard InChI is InChI=1S/C15H20N2O2/c1-10(2)12-5-3-4-6-13(12)17-15(19)9-14(18)16-11-7-8-11/h3-6,10-11H,7-9H2,1-2H3,(H,16,18)(H,17,19). The normalized spacial score (nSPS) is 14.3. The van der Waals surface area contributed by atoms with E-state index in [1.165, 1.54) is 0 Å². The first-order chi connectivity index (χ1) is 9.06. The molecule has 2 amide bonds. The van der Waals surface area contributed by atoms with Gasteiger partial charge in [0.2, 0.25) is 11.8 Å². The van der Waals surface area contributed by atoms with E-state index >= 15 is 0 Å². The van der Waals surface area contributed by atoms with Crippen molar-refractivity contribution < 1.29 is 9.59 Å². The molecule has 1 aliphatic rings. The number of carbonyl (C=O) groups is 2. The number of carbonyl (C=O) groups excluding carboxylic acids is 2. The molecule has 1 saturated carbocycles. The summed E-state index contributed by atoms with van der Waals surface area (Å²) in [6, 6.07) is 7.98. The Morgan fingerprint density at radius 1 is 1.21 bits per heavy atom. The molecule has 4 heteroatoms. The van der Waals surface area contributed by atoms with Crippen molar-refractivity contribution in [2.24, 2.45) is 0 Å². The number of nitrogens with one attached hydrogen (secondary N) is 2. The summed E-state index contributed by atoms with van der Waals surface area (Å²) in [7, 11) is 0. The minimum Gasteiger partial charge on any atom is -0.353 e. The average Bonchev–Trinajstić information content (AvgIpc) is 3.12. The molecule has 2 N–H and O–H groups in total. The van der Waals surface area contributed by atoms with Gasteiger partial charge in [0, 0.05) is 11.7 Å². The number of hydrogen-bond acceptors (Lipinski definition) is 2. The molecule has 0 aliphatic heterocycles. The van der Waals surface area contributed by atoms with E-state index in [1.807, 2.05) is 24.3 Å². The Hall–Kier alpha value is -1.84. The van der Waals surface area contributed by atoms with Crippen molar-refractivity contribution in [2.45, 2.75) is 45.1 Å². The van der Waals surface area contributed by atoms with E-state index in [1.54, 1.807) is 0 Å². The Morgan fingerprint density at radius 3 is 2.53 bits per heavy atom. The van der Waals surface area contributed by atoms with Crippen molar-refractivity contribution >= 4 is 17.5 Å². The molecule has 4 nitrogen and oxygen atoms in total. The van der Waals surface area contributed by atoms with Crippen molar-refractivity contribution in [3.05, 3.63) is 29.8 Å². The molecule has 1 aromatic rings. The van der Waals surface area contributed by atoms with Gasteiger partial charge in [-0.1, -0.05) is 32.0 Å². The maximum atomic E-state index is 11.8. The van der Waals surface area contributed by atoms with E-state index in [0.29, 0.717) is 12.0 Å². The summed E-state index contributed by atoms with van der Waals surface area (Å²) >= 11 is 0. The number of benzene rings is 1. The van der Waals surface area contributed by atoms with E-state index < -0.39 is 0 Å². The van der Waals surface area contributed by atoms with Crippen LogP contribution in [0, 0.1) is 0 Å². The highest BCUT2D eigenvalue weighted by atomic mass is 16.2. The highest BCUT2D eigenvalue weighted by Gasteiger charge is 2.24. The Balaban J connectivity index is 1.92. The lowest BCUT2D eigenvalue weighted by molar-refractivity contribution is -0.126. The number of anilines is 1. The van der Waals surface area contributed by atoms with E-state index in [-0.39, 0.29) is 18.2 Å². The van der Waals surface area contributed by atoms with Crippen molar-refractivity contribution in [1.29, 1.82) is 0 Å². The van der Waals surface area contributed by atoms with Crippen molar-refractivity contribution in [1.82, 2.24) is 5.32 Å². The fourth-order valence-electron chi connectivity index (χ4n) is 1.96. The predicted molar refractivity (Wildman–Crippen MR) is 74.9 cm³/mol.